The van der Waals surface area contributed by atoms with Crippen LogP contribution in [0.1, 0.15) is 36.5 Å². The maximum atomic E-state index is 13.0. The van der Waals surface area contributed by atoms with E-state index in [0.717, 1.165) is 30.4 Å². The lowest BCUT2D eigenvalue weighted by Gasteiger charge is -2.28. The van der Waals surface area contributed by atoms with E-state index in [1.807, 2.05) is 47.2 Å². The van der Waals surface area contributed by atoms with Crippen LogP contribution in [-0.4, -0.2) is 28.5 Å². The van der Waals surface area contributed by atoms with Crippen molar-refractivity contribution in [2.45, 2.75) is 38.0 Å². The molecule has 1 amide bonds. The second-order valence-corrected chi connectivity index (χ2v) is 7.33. The van der Waals surface area contributed by atoms with Crippen molar-refractivity contribution in [1.82, 2.24) is 4.90 Å². The summed E-state index contributed by atoms with van der Waals surface area (Å²) in [6.07, 6.45) is 1.85. The summed E-state index contributed by atoms with van der Waals surface area (Å²) in [6, 6.07) is 12.0. The first-order valence-corrected chi connectivity index (χ1v) is 9.36. The number of aliphatic hydroxyl groups is 1. The summed E-state index contributed by atoms with van der Waals surface area (Å²) < 4.78 is 0. The zero-order valence-corrected chi connectivity index (χ0v) is 14.5. The molecule has 24 heavy (non-hydrogen) atoms. The Hall–Kier alpha value is -1.69. The molecule has 1 aromatic heterocycles. The lowest BCUT2D eigenvalue weighted by molar-refractivity contribution is -0.137. The van der Waals surface area contributed by atoms with Gasteiger partial charge in [0.15, 0.2) is 0 Å². The highest BCUT2D eigenvalue weighted by atomic mass is 32.1. The van der Waals surface area contributed by atoms with Gasteiger partial charge in [0.2, 0.25) is 5.91 Å². The van der Waals surface area contributed by atoms with Gasteiger partial charge in [-0.15, -0.1) is 0 Å². The molecule has 3 atom stereocenters. The van der Waals surface area contributed by atoms with Crippen molar-refractivity contribution >= 4 is 17.2 Å². The van der Waals surface area contributed by atoms with Crippen LogP contribution in [0.2, 0.25) is 0 Å². The van der Waals surface area contributed by atoms with Gasteiger partial charge in [0.1, 0.15) is 0 Å². The van der Waals surface area contributed by atoms with E-state index in [0.29, 0.717) is 13.1 Å². The average molecular weight is 344 g/mol. The highest BCUT2D eigenvalue weighted by Crippen LogP contribution is 2.28. The monoisotopic (exact) mass is 344 g/mol. The molecule has 4 nitrogen and oxygen atoms in total. The molecular formula is C19H24N2O2S. The van der Waals surface area contributed by atoms with E-state index in [4.69, 9.17) is 5.73 Å². The first-order valence-electron chi connectivity index (χ1n) is 8.42. The lowest BCUT2D eigenvalue weighted by Crippen LogP contribution is -2.38. The molecule has 2 aromatic rings. The largest absolute Gasteiger partial charge is 0.387 e. The van der Waals surface area contributed by atoms with Crippen molar-refractivity contribution in [2.75, 3.05) is 6.54 Å². The van der Waals surface area contributed by atoms with Gasteiger partial charge < -0.3 is 15.7 Å². The van der Waals surface area contributed by atoms with Gasteiger partial charge in [-0.05, 0) is 47.2 Å². The van der Waals surface area contributed by atoms with E-state index < -0.39 is 6.10 Å². The predicted octanol–water partition coefficient (Wildman–Crippen LogP) is 2.94. The molecule has 1 fully saturated rings. The van der Waals surface area contributed by atoms with Gasteiger partial charge in [0.05, 0.1) is 12.6 Å². The van der Waals surface area contributed by atoms with Gasteiger partial charge in [-0.2, -0.15) is 11.3 Å². The Morgan fingerprint density at radius 2 is 2.08 bits per heavy atom. The maximum absolute atomic E-state index is 13.0. The maximum Gasteiger partial charge on any atom is 0.226 e. The first-order chi connectivity index (χ1) is 11.6. The highest BCUT2D eigenvalue weighted by molar-refractivity contribution is 7.07. The molecule has 0 radical (unpaired) electrons. The second kappa shape index (κ2) is 7.92. The standard InChI is InChI=1S/C19H24N2O2S/c20-17-7-6-15(10-17)19(23)21(11-14-4-2-1-3-5-14)12-18(22)16-8-9-24-13-16/h1-5,8-9,13,15,17-18,22H,6-7,10-12,20H2. The van der Waals surface area contributed by atoms with Crippen molar-refractivity contribution in [2.24, 2.45) is 11.7 Å². The Labute approximate surface area is 146 Å². The van der Waals surface area contributed by atoms with Gasteiger partial charge in [0.25, 0.3) is 0 Å². The number of rotatable bonds is 6. The lowest BCUT2D eigenvalue weighted by atomic mass is 10.0. The number of aliphatic hydroxyl groups excluding tert-OH is 1. The van der Waals surface area contributed by atoms with Gasteiger partial charge in [0, 0.05) is 18.5 Å². The van der Waals surface area contributed by atoms with Crippen molar-refractivity contribution in [3.8, 4) is 0 Å². The fraction of sp³-hybridized carbons (Fsp3) is 0.421. The molecule has 1 heterocycles. The third kappa shape index (κ3) is 4.23. The fourth-order valence-electron chi connectivity index (χ4n) is 3.31. The van der Waals surface area contributed by atoms with Gasteiger partial charge in [-0.25, -0.2) is 0 Å². The van der Waals surface area contributed by atoms with E-state index in [1.54, 1.807) is 16.2 Å². The molecule has 0 bridgehead atoms. The van der Waals surface area contributed by atoms with Crippen molar-refractivity contribution in [3.05, 3.63) is 58.3 Å². The predicted molar refractivity (Wildman–Crippen MR) is 96.5 cm³/mol. The molecule has 3 N–H and O–H groups in total. The van der Waals surface area contributed by atoms with E-state index in [9.17, 15) is 9.90 Å². The SMILES string of the molecule is NC1CCC(C(=O)N(Cc2ccccc2)CC(O)c2ccsc2)C1. The Bertz CT molecular complexity index is 645. The van der Waals surface area contributed by atoms with Crippen LogP contribution >= 0.6 is 11.3 Å². The van der Waals surface area contributed by atoms with E-state index in [-0.39, 0.29) is 17.9 Å². The summed E-state index contributed by atoms with van der Waals surface area (Å²) >= 11 is 1.55. The number of nitrogens with two attached hydrogens (primary N) is 1. The molecular weight excluding hydrogens is 320 g/mol. The van der Waals surface area contributed by atoms with E-state index in [1.165, 1.54) is 0 Å². The molecule has 0 saturated heterocycles. The fourth-order valence-corrected chi connectivity index (χ4v) is 4.02. The van der Waals surface area contributed by atoms with E-state index >= 15 is 0 Å². The number of amides is 1. The van der Waals surface area contributed by atoms with Crippen LogP contribution in [0.3, 0.4) is 0 Å². The first kappa shape index (κ1) is 17.1. The number of carbonyl (C=O) groups is 1. The number of carbonyl (C=O) groups excluding carboxylic acids is 1. The minimum absolute atomic E-state index is 0.0154. The van der Waals surface area contributed by atoms with Crippen LogP contribution in [0.25, 0.3) is 0 Å². The van der Waals surface area contributed by atoms with Crippen LogP contribution in [0.5, 0.6) is 0 Å². The molecule has 128 valence electrons. The zero-order valence-electron chi connectivity index (χ0n) is 13.7. The normalized spacial score (nSPS) is 21.6. The van der Waals surface area contributed by atoms with Gasteiger partial charge in [-0.1, -0.05) is 30.3 Å². The van der Waals surface area contributed by atoms with Gasteiger partial charge >= 0.3 is 0 Å². The molecule has 1 aliphatic carbocycles. The van der Waals surface area contributed by atoms with Gasteiger partial charge in [-0.3, -0.25) is 4.79 Å². The summed E-state index contributed by atoms with van der Waals surface area (Å²) in [6.45, 7) is 0.836. The molecule has 0 spiro atoms. The van der Waals surface area contributed by atoms with Crippen LogP contribution in [0, 0.1) is 5.92 Å². The molecule has 1 saturated carbocycles. The van der Waals surface area contributed by atoms with Crippen LogP contribution in [-0.2, 0) is 11.3 Å². The minimum Gasteiger partial charge on any atom is -0.387 e. The number of nitrogens with zero attached hydrogens (tertiary/aromatic N) is 1. The van der Waals surface area contributed by atoms with E-state index in [2.05, 4.69) is 0 Å². The molecule has 1 aliphatic rings. The van der Waals surface area contributed by atoms with Crippen LogP contribution in [0.4, 0.5) is 0 Å². The molecule has 1 aromatic carbocycles. The van der Waals surface area contributed by atoms with Crippen LogP contribution in [0.15, 0.2) is 47.2 Å². The average Bonchev–Trinajstić information content (AvgIpc) is 3.26. The smallest absolute Gasteiger partial charge is 0.226 e. The third-order valence-electron chi connectivity index (χ3n) is 4.67. The van der Waals surface area contributed by atoms with Crippen LogP contribution < -0.4 is 5.73 Å². The number of hydrogen-bond donors (Lipinski definition) is 2. The summed E-state index contributed by atoms with van der Waals surface area (Å²) in [7, 11) is 0. The second-order valence-electron chi connectivity index (χ2n) is 6.55. The van der Waals surface area contributed by atoms with Crippen molar-refractivity contribution < 1.29 is 9.90 Å². The third-order valence-corrected chi connectivity index (χ3v) is 5.37. The molecule has 0 aliphatic heterocycles. The molecule has 5 heteroatoms. The number of hydrogen-bond acceptors (Lipinski definition) is 4. The number of benzene rings is 1. The van der Waals surface area contributed by atoms with Crippen molar-refractivity contribution in [1.29, 1.82) is 0 Å². The molecule has 3 unspecified atom stereocenters. The summed E-state index contributed by atoms with van der Waals surface area (Å²) in [5.74, 6) is 0.0967. The summed E-state index contributed by atoms with van der Waals surface area (Å²) in [5.41, 5.74) is 7.92. The Morgan fingerprint density at radius 1 is 1.29 bits per heavy atom. The Morgan fingerprint density at radius 3 is 2.71 bits per heavy atom. The topological polar surface area (TPSA) is 66.6 Å². The number of thiophene rings is 1. The minimum atomic E-state index is -0.654. The Balaban J connectivity index is 1.73. The van der Waals surface area contributed by atoms with Crippen molar-refractivity contribution in [3.63, 3.8) is 0 Å². The molecule has 3 rings (SSSR count). The Kier molecular flexibility index (Phi) is 5.66. The highest BCUT2D eigenvalue weighted by Gasteiger charge is 2.32. The summed E-state index contributed by atoms with van der Waals surface area (Å²) in [5, 5.41) is 14.4. The zero-order chi connectivity index (χ0) is 16.9. The summed E-state index contributed by atoms with van der Waals surface area (Å²) in [4.78, 5) is 14.8. The quantitative estimate of drug-likeness (QED) is 0.847.